The van der Waals surface area contributed by atoms with Crippen molar-refractivity contribution >= 4 is 25.6 Å². The van der Waals surface area contributed by atoms with Crippen LogP contribution in [-0.2, 0) is 4.43 Å². The van der Waals surface area contributed by atoms with Gasteiger partial charge in [0, 0.05) is 18.4 Å². The van der Waals surface area contributed by atoms with Gasteiger partial charge in [0.25, 0.3) is 0 Å². The minimum Gasteiger partial charge on any atom is -0.418 e. The van der Waals surface area contributed by atoms with Crippen molar-refractivity contribution in [2.45, 2.75) is 77.5 Å². The minimum atomic E-state index is -1.39. The summed E-state index contributed by atoms with van der Waals surface area (Å²) < 4.78 is 5.85. The van der Waals surface area contributed by atoms with E-state index in [4.69, 9.17) is 16.0 Å². The van der Waals surface area contributed by atoms with Crippen LogP contribution in [0.1, 0.15) is 47.0 Å². The Morgan fingerprint density at radius 1 is 1.39 bits per heavy atom. The number of halogens is 1. The zero-order valence-electron chi connectivity index (χ0n) is 13.1. The molecule has 0 aliphatic carbocycles. The predicted octanol–water partition coefficient (Wildman–Crippen LogP) is 4.88. The van der Waals surface area contributed by atoms with Crippen molar-refractivity contribution < 1.29 is 4.43 Å². The van der Waals surface area contributed by atoms with Crippen LogP contribution in [-0.4, -0.2) is 31.6 Å². The Morgan fingerprint density at radius 3 is 2.39 bits per heavy atom. The average Bonchev–Trinajstić information content (AvgIpc) is 2.23. The van der Waals surface area contributed by atoms with Crippen LogP contribution < -0.4 is 0 Å². The largest absolute Gasteiger partial charge is 0.418 e. The van der Waals surface area contributed by atoms with E-state index in [1.165, 1.54) is 0 Å². The fourth-order valence-electron chi connectivity index (χ4n) is 1.52. The maximum atomic E-state index is 6.56. The van der Waals surface area contributed by atoms with E-state index in [0.29, 0.717) is 6.04 Å². The lowest BCUT2D eigenvalue weighted by Crippen LogP contribution is -2.30. The van der Waals surface area contributed by atoms with Crippen molar-refractivity contribution in [1.29, 1.82) is 0 Å². The second-order valence-electron chi connectivity index (χ2n) is 6.23. The van der Waals surface area contributed by atoms with Gasteiger partial charge >= 0.3 is 0 Å². The summed E-state index contributed by atoms with van der Waals surface area (Å²) in [7, 11) is -1.39. The standard InChI is InChI=1S/C14H30ClNOSi/c1-8-12(2)16-13(3)14(4,15)10-9-11-17-18(5,6)7/h12H,8-11H2,1-7H3. The molecule has 2 atom stereocenters. The molecule has 0 fully saturated rings. The van der Waals surface area contributed by atoms with Gasteiger partial charge in [0.15, 0.2) is 8.32 Å². The molecule has 0 saturated carbocycles. The topological polar surface area (TPSA) is 21.6 Å². The quantitative estimate of drug-likeness (QED) is 0.270. The molecular formula is C14H30ClNOSi. The van der Waals surface area contributed by atoms with Crippen LogP contribution in [0, 0.1) is 0 Å². The molecular weight excluding hydrogens is 262 g/mol. The van der Waals surface area contributed by atoms with Crippen molar-refractivity contribution in [3.63, 3.8) is 0 Å². The fourth-order valence-corrected chi connectivity index (χ4v) is 2.46. The lowest BCUT2D eigenvalue weighted by atomic mass is 9.99. The molecule has 2 nitrogen and oxygen atoms in total. The maximum Gasteiger partial charge on any atom is 0.183 e. The van der Waals surface area contributed by atoms with Gasteiger partial charge in [-0.3, -0.25) is 4.99 Å². The smallest absolute Gasteiger partial charge is 0.183 e. The second-order valence-corrected chi connectivity index (χ2v) is 11.6. The molecule has 108 valence electrons. The molecule has 0 aliphatic rings. The summed E-state index contributed by atoms with van der Waals surface area (Å²) in [5, 5.41) is 0. The van der Waals surface area contributed by atoms with Crippen molar-refractivity contribution in [3.05, 3.63) is 0 Å². The molecule has 0 heterocycles. The van der Waals surface area contributed by atoms with Crippen molar-refractivity contribution in [2.75, 3.05) is 6.61 Å². The van der Waals surface area contributed by atoms with Crippen LogP contribution >= 0.6 is 11.6 Å². The average molecular weight is 292 g/mol. The highest BCUT2D eigenvalue weighted by molar-refractivity contribution is 6.69. The molecule has 0 radical (unpaired) electrons. The first-order valence-electron chi connectivity index (χ1n) is 6.96. The second kappa shape index (κ2) is 7.66. The molecule has 0 aromatic rings. The molecule has 0 aromatic heterocycles. The van der Waals surface area contributed by atoms with Crippen LogP contribution in [0.15, 0.2) is 4.99 Å². The van der Waals surface area contributed by atoms with E-state index >= 15 is 0 Å². The lowest BCUT2D eigenvalue weighted by Gasteiger charge is -2.24. The minimum absolute atomic E-state index is 0.327. The van der Waals surface area contributed by atoms with E-state index in [0.717, 1.165) is 31.6 Å². The van der Waals surface area contributed by atoms with Gasteiger partial charge in [-0.05, 0) is 59.7 Å². The van der Waals surface area contributed by atoms with Gasteiger partial charge in [-0.2, -0.15) is 0 Å². The highest BCUT2D eigenvalue weighted by Crippen LogP contribution is 2.24. The number of hydrogen-bond acceptors (Lipinski definition) is 2. The van der Waals surface area contributed by atoms with Gasteiger partial charge in [-0.25, -0.2) is 0 Å². The summed E-state index contributed by atoms with van der Waals surface area (Å²) in [5.74, 6) is 0. The zero-order valence-corrected chi connectivity index (χ0v) is 14.9. The molecule has 18 heavy (non-hydrogen) atoms. The van der Waals surface area contributed by atoms with E-state index in [9.17, 15) is 0 Å². The van der Waals surface area contributed by atoms with Crippen LogP contribution in [0.3, 0.4) is 0 Å². The Balaban J connectivity index is 4.18. The summed E-state index contributed by atoms with van der Waals surface area (Å²) >= 11 is 6.56. The summed E-state index contributed by atoms with van der Waals surface area (Å²) in [6.45, 7) is 15.8. The monoisotopic (exact) mass is 291 g/mol. The third kappa shape index (κ3) is 8.28. The van der Waals surface area contributed by atoms with Gasteiger partial charge in [0.2, 0.25) is 0 Å². The van der Waals surface area contributed by atoms with E-state index in [2.05, 4.69) is 45.4 Å². The fraction of sp³-hybridized carbons (Fsp3) is 0.929. The van der Waals surface area contributed by atoms with Crippen LogP contribution in [0.25, 0.3) is 0 Å². The zero-order chi connectivity index (χ0) is 14.4. The highest BCUT2D eigenvalue weighted by Gasteiger charge is 2.25. The van der Waals surface area contributed by atoms with Gasteiger partial charge in [-0.1, -0.05) is 6.92 Å². The van der Waals surface area contributed by atoms with Crippen molar-refractivity contribution in [1.82, 2.24) is 0 Å². The number of rotatable bonds is 8. The molecule has 0 bridgehead atoms. The Kier molecular flexibility index (Phi) is 7.72. The molecule has 0 aliphatic heterocycles. The van der Waals surface area contributed by atoms with E-state index in [1.807, 2.05) is 6.92 Å². The Hall–Kier alpha value is 0.137. The Bertz CT molecular complexity index is 271. The van der Waals surface area contributed by atoms with Crippen LogP contribution in [0.4, 0.5) is 0 Å². The molecule has 0 aromatic carbocycles. The normalized spacial score (nSPS) is 18.6. The Labute approximate surface area is 119 Å². The van der Waals surface area contributed by atoms with Crippen molar-refractivity contribution in [2.24, 2.45) is 4.99 Å². The first kappa shape index (κ1) is 18.1. The molecule has 0 N–H and O–H groups in total. The number of aliphatic imine (C=N–C) groups is 1. The van der Waals surface area contributed by atoms with E-state index < -0.39 is 8.32 Å². The molecule has 0 rings (SSSR count). The first-order chi connectivity index (χ1) is 8.08. The predicted molar refractivity (Wildman–Crippen MR) is 85.7 cm³/mol. The first-order valence-corrected chi connectivity index (χ1v) is 10.7. The third-order valence-electron chi connectivity index (χ3n) is 3.08. The van der Waals surface area contributed by atoms with Gasteiger partial charge in [-0.15, -0.1) is 11.6 Å². The van der Waals surface area contributed by atoms with Gasteiger partial charge in [0.1, 0.15) is 0 Å². The van der Waals surface area contributed by atoms with Gasteiger partial charge in [0.05, 0.1) is 4.87 Å². The maximum absolute atomic E-state index is 6.56. The highest BCUT2D eigenvalue weighted by atomic mass is 35.5. The summed E-state index contributed by atoms with van der Waals surface area (Å²) in [6.07, 6.45) is 2.98. The number of alkyl halides is 1. The molecule has 0 saturated heterocycles. The summed E-state index contributed by atoms with van der Waals surface area (Å²) in [6, 6.07) is 0.362. The number of hydrogen-bond donors (Lipinski definition) is 0. The molecule has 0 spiro atoms. The van der Waals surface area contributed by atoms with Crippen molar-refractivity contribution in [3.8, 4) is 0 Å². The SMILES string of the molecule is CCC(C)N=C(C)C(C)(Cl)CCCO[Si](C)(C)C. The van der Waals surface area contributed by atoms with E-state index in [1.54, 1.807) is 0 Å². The third-order valence-corrected chi connectivity index (χ3v) is 4.62. The summed E-state index contributed by atoms with van der Waals surface area (Å²) in [4.78, 5) is 4.32. The van der Waals surface area contributed by atoms with E-state index in [-0.39, 0.29) is 4.87 Å². The molecule has 4 heteroatoms. The Morgan fingerprint density at radius 2 is 1.94 bits per heavy atom. The lowest BCUT2D eigenvalue weighted by molar-refractivity contribution is 0.298. The molecule has 2 unspecified atom stereocenters. The summed E-state index contributed by atoms with van der Waals surface area (Å²) in [5.41, 5.74) is 1.05. The van der Waals surface area contributed by atoms with Gasteiger partial charge < -0.3 is 4.43 Å². The number of nitrogens with zero attached hydrogens (tertiary/aromatic N) is 1. The molecule has 0 amide bonds. The van der Waals surface area contributed by atoms with Crippen LogP contribution in [0.5, 0.6) is 0 Å². The van der Waals surface area contributed by atoms with Crippen LogP contribution in [0.2, 0.25) is 19.6 Å².